The van der Waals surface area contributed by atoms with E-state index in [9.17, 15) is 8.42 Å². The number of unbranched alkanes of at least 4 members (excludes halogenated alkanes) is 1. The summed E-state index contributed by atoms with van der Waals surface area (Å²) in [6.45, 7) is 7.30. The van der Waals surface area contributed by atoms with Gasteiger partial charge in [0.2, 0.25) is 10.0 Å². The molecule has 0 saturated carbocycles. The van der Waals surface area contributed by atoms with Crippen LogP contribution in [0.25, 0.3) is 0 Å². The molecule has 1 fully saturated rings. The van der Waals surface area contributed by atoms with Crippen molar-refractivity contribution in [2.75, 3.05) is 43.0 Å². The molecule has 1 aliphatic heterocycles. The number of benzene rings is 1. The molecule has 2 heterocycles. The van der Waals surface area contributed by atoms with Gasteiger partial charge in [-0.05, 0) is 56.9 Å². The van der Waals surface area contributed by atoms with Crippen molar-refractivity contribution in [2.45, 2.75) is 50.8 Å². The number of aromatic nitrogens is 2. The smallest absolute Gasteiger partial charge is 0.240 e. The second kappa shape index (κ2) is 11.3. The van der Waals surface area contributed by atoms with Crippen LogP contribution < -0.4 is 19.7 Å². The molecule has 9 heteroatoms. The van der Waals surface area contributed by atoms with Crippen LogP contribution in [0.2, 0.25) is 0 Å². The molecule has 1 aromatic heterocycles. The largest absolute Gasteiger partial charge is 0.494 e. The van der Waals surface area contributed by atoms with Gasteiger partial charge in [0.15, 0.2) is 0 Å². The highest BCUT2D eigenvalue weighted by molar-refractivity contribution is 7.89. The lowest BCUT2D eigenvalue weighted by Gasteiger charge is -2.28. The molecule has 0 spiro atoms. The summed E-state index contributed by atoms with van der Waals surface area (Å²) in [5.41, 5.74) is 0. The molecule has 0 amide bonds. The van der Waals surface area contributed by atoms with Crippen molar-refractivity contribution in [1.82, 2.24) is 14.7 Å². The first-order valence-electron chi connectivity index (χ1n) is 11.0. The van der Waals surface area contributed by atoms with Crippen molar-refractivity contribution in [3.8, 4) is 5.75 Å². The summed E-state index contributed by atoms with van der Waals surface area (Å²) >= 11 is 0. The van der Waals surface area contributed by atoms with E-state index in [4.69, 9.17) is 4.74 Å². The number of ether oxygens (including phenoxy) is 1. The van der Waals surface area contributed by atoms with Crippen LogP contribution in [-0.2, 0) is 10.0 Å². The van der Waals surface area contributed by atoms with Gasteiger partial charge in [-0.1, -0.05) is 13.3 Å². The van der Waals surface area contributed by atoms with Gasteiger partial charge >= 0.3 is 0 Å². The van der Waals surface area contributed by atoms with Gasteiger partial charge in [-0.3, -0.25) is 0 Å². The zero-order valence-electron chi connectivity index (χ0n) is 18.4. The highest BCUT2D eigenvalue weighted by atomic mass is 32.2. The van der Waals surface area contributed by atoms with Gasteiger partial charge in [0, 0.05) is 32.2 Å². The summed E-state index contributed by atoms with van der Waals surface area (Å²) in [6.07, 6.45) is 5.65. The molecule has 2 aromatic rings. The van der Waals surface area contributed by atoms with E-state index in [1.807, 2.05) is 13.0 Å². The molecule has 8 nitrogen and oxygen atoms in total. The fraction of sp³-hybridized carbons (Fsp3) is 0.545. The molecule has 31 heavy (non-hydrogen) atoms. The zero-order valence-corrected chi connectivity index (χ0v) is 19.2. The first-order chi connectivity index (χ1) is 15.0. The number of hydrogen-bond donors (Lipinski definition) is 2. The highest BCUT2D eigenvalue weighted by Crippen LogP contribution is 2.20. The third-order valence-corrected chi connectivity index (χ3v) is 6.61. The van der Waals surface area contributed by atoms with Gasteiger partial charge in [-0.2, -0.15) is 0 Å². The van der Waals surface area contributed by atoms with Crippen LogP contribution in [0, 0.1) is 6.92 Å². The number of hydrogen-bond acceptors (Lipinski definition) is 7. The fourth-order valence-corrected chi connectivity index (χ4v) is 4.47. The van der Waals surface area contributed by atoms with Crippen molar-refractivity contribution < 1.29 is 13.2 Å². The maximum Gasteiger partial charge on any atom is 0.240 e. The van der Waals surface area contributed by atoms with E-state index >= 15 is 0 Å². The van der Waals surface area contributed by atoms with Gasteiger partial charge in [-0.15, -0.1) is 0 Å². The summed E-state index contributed by atoms with van der Waals surface area (Å²) in [6, 6.07) is 8.44. The molecular weight excluding hydrogens is 414 g/mol. The third-order valence-electron chi connectivity index (χ3n) is 5.13. The van der Waals surface area contributed by atoms with Crippen LogP contribution in [-0.4, -0.2) is 51.2 Å². The van der Waals surface area contributed by atoms with E-state index in [0.29, 0.717) is 30.5 Å². The Kier molecular flexibility index (Phi) is 8.48. The standard InChI is InChI=1S/C22H33N5O3S/c1-3-4-16-30-19-8-10-20(11-9-19)31(28,29)24-13-12-23-21-17-22(26-18(2)25-21)27-14-6-5-7-15-27/h8-11,17,24H,3-7,12-16H2,1-2H3,(H,23,25,26). The monoisotopic (exact) mass is 447 g/mol. The van der Waals surface area contributed by atoms with Crippen LogP contribution in [0.4, 0.5) is 11.6 Å². The number of piperidine rings is 1. The van der Waals surface area contributed by atoms with Gasteiger partial charge in [0.1, 0.15) is 23.2 Å². The van der Waals surface area contributed by atoms with E-state index < -0.39 is 10.0 Å². The van der Waals surface area contributed by atoms with Crippen molar-refractivity contribution in [2.24, 2.45) is 0 Å². The molecule has 2 N–H and O–H groups in total. The van der Waals surface area contributed by atoms with E-state index in [0.717, 1.165) is 31.7 Å². The number of nitrogens with one attached hydrogen (secondary N) is 2. The normalized spacial score (nSPS) is 14.5. The average molecular weight is 448 g/mol. The van der Waals surface area contributed by atoms with Gasteiger partial charge in [-0.25, -0.2) is 23.1 Å². The predicted octanol–water partition coefficient (Wildman–Crippen LogP) is 3.34. The Bertz CT molecular complexity index is 929. The van der Waals surface area contributed by atoms with E-state index in [1.54, 1.807) is 24.3 Å². The number of rotatable bonds is 11. The average Bonchev–Trinajstić information content (AvgIpc) is 2.78. The summed E-state index contributed by atoms with van der Waals surface area (Å²) in [7, 11) is -3.58. The van der Waals surface area contributed by atoms with E-state index in [-0.39, 0.29) is 11.4 Å². The Morgan fingerprint density at radius 1 is 1.06 bits per heavy atom. The van der Waals surface area contributed by atoms with Crippen LogP contribution in [0.3, 0.4) is 0 Å². The zero-order chi connectivity index (χ0) is 22.1. The van der Waals surface area contributed by atoms with E-state index in [1.165, 1.54) is 19.3 Å². The second-order valence-corrected chi connectivity index (χ2v) is 9.47. The predicted molar refractivity (Wildman–Crippen MR) is 123 cm³/mol. The molecule has 1 aliphatic rings. The lowest BCUT2D eigenvalue weighted by molar-refractivity contribution is 0.309. The molecule has 1 saturated heterocycles. The minimum Gasteiger partial charge on any atom is -0.494 e. The van der Waals surface area contributed by atoms with Gasteiger partial charge in [0.05, 0.1) is 11.5 Å². The van der Waals surface area contributed by atoms with Crippen molar-refractivity contribution in [3.63, 3.8) is 0 Å². The van der Waals surface area contributed by atoms with Gasteiger partial charge < -0.3 is 15.0 Å². The Morgan fingerprint density at radius 3 is 2.52 bits per heavy atom. The Balaban J connectivity index is 1.50. The molecule has 3 rings (SSSR count). The molecule has 0 aliphatic carbocycles. The summed E-state index contributed by atoms with van der Waals surface area (Å²) < 4.78 is 33.2. The summed E-state index contributed by atoms with van der Waals surface area (Å²) in [5.74, 6) is 3.02. The molecule has 0 radical (unpaired) electrons. The second-order valence-electron chi connectivity index (χ2n) is 7.70. The maximum absolute atomic E-state index is 12.5. The molecule has 0 atom stereocenters. The molecule has 0 unspecified atom stereocenters. The van der Waals surface area contributed by atoms with Crippen LogP contribution in [0.1, 0.15) is 44.9 Å². The maximum atomic E-state index is 12.5. The number of sulfonamides is 1. The Labute approximate surface area is 185 Å². The topological polar surface area (TPSA) is 96.5 Å². The number of aryl methyl sites for hydroxylation is 1. The quantitative estimate of drug-likeness (QED) is 0.510. The minimum absolute atomic E-state index is 0.223. The molecule has 170 valence electrons. The number of nitrogens with zero attached hydrogens (tertiary/aromatic N) is 3. The Morgan fingerprint density at radius 2 is 1.81 bits per heavy atom. The molecule has 0 bridgehead atoms. The first kappa shape index (κ1) is 23.3. The van der Waals surface area contributed by atoms with Crippen molar-refractivity contribution in [1.29, 1.82) is 0 Å². The number of anilines is 2. The molecule has 1 aromatic carbocycles. The van der Waals surface area contributed by atoms with Gasteiger partial charge in [0.25, 0.3) is 0 Å². The SMILES string of the molecule is CCCCOc1ccc(S(=O)(=O)NCCNc2cc(N3CCCCC3)nc(C)n2)cc1. The summed E-state index contributed by atoms with van der Waals surface area (Å²) in [5, 5.41) is 3.20. The van der Waals surface area contributed by atoms with Crippen LogP contribution >= 0.6 is 0 Å². The Hall–Kier alpha value is -2.39. The highest BCUT2D eigenvalue weighted by Gasteiger charge is 2.15. The summed E-state index contributed by atoms with van der Waals surface area (Å²) in [4.78, 5) is 11.5. The first-order valence-corrected chi connectivity index (χ1v) is 12.5. The third kappa shape index (κ3) is 7.07. The minimum atomic E-state index is -3.58. The van der Waals surface area contributed by atoms with Crippen molar-refractivity contribution in [3.05, 3.63) is 36.2 Å². The molecular formula is C22H33N5O3S. The van der Waals surface area contributed by atoms with Crippen LogP contribution in [0.15, 0.2) is 35.2 Å². The van der Waals surface area contributed by atoms with Crippen LogP contribution in [0.5, 0.6) is 5.75 Å². The van der Waals surface area contributed by atoms with E-state index in [2.05, 4.69) is 31.8 Å². The van der Waals surface area contributed by atoms with Crippen molar-refractivity contribution >= 4 is 21.7 Å². The lowest BCUT2D eigenvalue weighted by atomic mass is 10.1. The fourth-order valence-electron chi connectivity index (χ4n) is 3.44. The lowest BCUT2D eigenvalue weighted by Crippen LogP contribution is -2.31.